The summed E-state index contributed by atoms with van der Waals surface area (Å²) in [5, 5.41) is 27.8. The van der Waals surface area contributed by atoms with Gasteiger partial charge in [-0.1, -0.05) is 99.3 Å². The van der Waals surface area contributed by atoms with Crippen LogP contribution in [-0.4, -0.2) is 17.8 Å². The lowest BCUT2D eigenvalue weighted by Crippen LogP contribution is -2.12. The molecule has 0 saturated heterocycles. The summed E-state index contributed by atoms with van der Waals surface area (Å²) >= 11 is 0. The van der Waals surface area contributed by atoms with Crippen molar-refractivity contribution in [1.29, 1.82) is 5.26 Å². The molecule has 8 nitrogen and oxygen atoms in total. The van der Waals surface area contributed by atoms with Gasteiger partial charge < -0.3 is 9.47 Å². The predicted octanol–water partition coefficient (Wildman–Crippen LogP) is 13.2. The smallest absolute Gasteiger partial charge is 0.171 e. The Morgan fingerprint density at radius 2 is 1.20 bits per heavy atom. The highest BCUT2D eigenvalue weighted by molar-refractivity contribution is 5.66. The molecule has 0 aliphatic rings. The average Bonchev–Trinajstić information content (AvgIpc) is 3.58. The van der Waals surface area contributed by atoms with Crippen molar-refractivity contribution < 1.29 is 9.47 Å². The van der Waals surface area contributed by atoms with E-state index in [2.05, 4.69) is 70.1 Å². The Bertz CT molecular complexity index is 1460. The molecule has 0 aliphatic heterocycles. The minimum absolute atomic E-state index is 0.432. The number of hydrogen-bond donors (Lipinski definition) is 0. The molecule has 0 saturated carbocycles. The number of benzene rings is 2. The number of azo groups is 2. The molecule has 264 valence electrons. The van der Waals surface area contributed by atoms with Crippen molar-refractivity contribution >= 4 is 22.9 Å². The molecule has 8 heteroatoms. The SMILES string of the molecule is CCCCC(CC)COc1cc(N=Nc2cc#cn2CC(CC)CCCC)c(OCC(CC)CCCC)cc1N=Nc1ccc(C#N)cc1. The maximum absolute atomic E-state index is 9.21. The minimum atomic E-state index is 0.432. The van der Waals surface area contributed by atoms with Crippen LogP contribution in [0.3, 0.4) is 0 Å². The number of unbranched alkanes of at least 4 members (excludes halogenated alkanes) is 3. The molecule has 3 aromatic rings. The van der Waals surface area contributed by atoms with Crippen LogP contribution in [0.15, 0.2) is 62.9 Å². The van der Waals surface area contributed by atoms with Crippen LogP contribution >= 0.6 is 0 Å². The fourth-order valence-corrected chi connectivity index (χ4v) is 5.66. The Kier molecular flexibility index (Phi) is 18.0. The maximum Gasteiger partial charge on any atom is 0.171 e. The van der Waals surface area contributed by atoms with Crippen LogP contribution in [0.2, 0.25) is 0 Å². The summed E-state index contributed by atoms with van der Waals surface area (Å²) in [6.07, 6.45) is 16.9. The number of rotatable bonds is 24. The summed E-state index contributed by atoms with van der Waals surface area (Å²) in [4.78, 5) is 0. The van der Waals surface area contributed by atoms with E-state index in [9.17, 15) is 5.26 Å². The van der Waals surface area contributed by atoms with Gasteiger partial charge in [0.05, 0.1) is 30.5 Å². The normalized spacial score (nSPS) is 13.3. The van der Waals surface area contributed by atoms with E-state index in [1.54, 1.807) is 24.3 Å². The zero-order chi connectivity index (χ0) is 35.3. The Morgan fingerprint density at radius 1 is 0.694 bits per heavy atom. The number of hydrogen-bond acceptors (Lipinski definition) is 7. The van der Waals surface area contributed by atoms with Gasteiger partial charge in [-0.3, -0.25) is 4.57 Å². The van der Waals surface area contributed by atoms with Crippen LogP contribution in [-0.2, 0) is 6.54 Å². The van der Waals surface area contributed by atoms with E-state index in [0.717, 1.165) is 51.5 Å². The predicted molar refractivity (Wildman–Crippen MR) is 199 cm³/mol. The number of nitrogens with zero attached hydrogens (tertiary/aromatic N) is 6. The van der Waals surface area contributed by atoms with E-state index < -0.39 is 0 Å². The van der Waals surface area contributed by atoms with Gasteiger partial charge >= 0.3 is 0 Å². The molecule has 0 radical (unpaired) electrons. The van der Waals surface area contributed by atoms with Crippen molar-refractivity contribution in [2.24, 2.45) is 38.2 Å². The van der Waals surface area contributed by atoms with E-state index in [0.29, 0.717) is 70.9 Å². The van der Waals surface area contributed by atoms with Crippen molar-refractivity contribution in [3.8, 4) is 17.6 Å². The summed E-state index contributed by atoms with van der Waals surface area (Å²) in [6, 6.07) is 17.9. The second kappa shape index (κ2) is 22.5. The van der Waals surface area contributed by atoms with Crippen molar-refractivity contribution in [3.05, 3.63) is 60.3 Å². The molecule has 3 atom stereocenters. The third-order valence-electron chi connectivity index (χ3n) is 9.27. The Hall–Kier alpha value is -4.17. The number of ether oxygens (including phenoxy) is 2. The van der Waals surface area contributed by atoms with Gasteiger partial charge in [0, 0.05) is 30.9 Å². The van der Waals surface area contributed by atoms with E-state index in [1.165, 1.54) is 32.1 Å². The van der Waals surface area contributed by atoms with E-state index in [-0.39, 0.29) is 0 Å². The molecule has 0 spiro atoms. The van der Waals surface area contributed by atoms with E-state index in [4.69, 9.17) is 19.7 Å². The van der Waals surface area contributed by atoms with Gasteiger partial charge in [-0.15, -0.1) is 15.3 Å². The lowest BCUT2D eigenvalue weighted by molar-refractivity contribution is 0.229. The molecule has 1 aromatic heterocycles. The van der Waals surface area contributed by atoms with Crippen LogP contribution in [0, 0.1) is 41.3 Å². The van der Waals surface area contributed by atoms with E-state index in [1.807, 2.05) is 22.8 Å². The second-order valence-electron chi connectivity index (χ2n) is 13.1. The van der Waals surface area contributed by atoms with Gasteiger partial charge in [0.25, 0.3) is 0 Å². The highest BCUT2D eigenvalue weighted by Gasteiger charge is 2.17. The first-order valence-electron chi connectivity index (χ1n) is 18.7. The molecule has 3 unspecified atom stereocenters. The lowest BCUT2D eigenvalue weighted by Gasteiger charge is -2.19. The summed E-state index contributed by atoms with van der Waals surface area (Å²) in [6.45, 7) is 15.3. The summed E-state index contributed by atoms with van der Waals surface area (Å²) in [5.41, 5.74) is 2.38. The van der Waals surface area contributed by atoms with Gasteiger partial charge in [0.1, 0.15) is 22.9 Å². The first-order valence-corrected chi connectivity index (χ1v) is 18.7. The van der Waals surface area contributed by atoms with Gasteiger partial charge in [-0.25, -0.2) is 0 Å². The van der Waals surface area contributed by atoms with Crippen LogP contribution in [0.25, 0.3) is 0 Å². The third-order valence-corrected chi connectivity index (χ3v) is 9.27. The molecule has 1 heterocycles. The van der Waals surface area contributed by atoms with Crippen LogP contribution in [0.1, 0.15) is 124 Å². The van der Waals surface area contributed by atoms with Crippen molar-refractivity contribution in [2.75, 3.05) is 13.2 Å². The Morgan fingerprint density at radius 3 is 1.69 bits per heavy atom. The Labute approximate surface area is 296 Å². The fourth-order valence-electron chi connectivity index (χ4n) is 5.66. The van der Waals surface area contributed by atoms with E-state index >= 15 is 0 Å². The molecule has 0 fully saturated rings. The third kappa shape index (κ3) is 13.3. The molecule has 0 N–H and O–H groups in total. The average molecular weight is 667 g/mol. The summed E-state index contributed by atoms with van der Waals surface area (Å²) in [5.74, 6) is 3.32. The first kappa shape index (κ1) is 39.3. The van der Waals surface area contributed by atoms with Crippen molar-refractivity contribution in [1.82, 2.24) is 4.57 Å². The molecule has 0 amide bonds. The van der Waals surface area contributed by atoms with Crippen LogP contribution in [0.5, 0.6) is 11.5 Å². The molecule has 49 heavy (non-hydrogen) atoms. The molecule has 0 bridgehead atoms. The lowest BCUT2D eigenvalue weighted by atomic mass is 9.99. The second-order valence-corrected chi connectivity index (χ2v) is 13.1. The van der Waals surface area contributed by atoms with Gasteiger partial charge in [0.15, 0.2) is 5.82 Å². The molecular formula is C41H58N6O2. The van der Waals surface area contributed by atoms with Gasteiger partial charge in [-0.2, -0.15) is 10.4 Å². The zero-order valence-electron chi connectivity index (χ0n) is 30.9. The first-order chi connectivity index (χ1) is 24.0. The van der Waals surface area contributed by atoms with Gasteiger partial charge in [-0.05, 0) is 67.3 Å². The quantitative estimate of drug-likeness (QED) is 0.0890. The summed E-state index contributed by atoms with van der Waals surface area (Å²) in [7, 11) is 0. The Balaban J connectivity index is 2.03. The maximum atomic E-state index is 9.21. The largest absolute Gasteiger partial charge is 0.491 e. The van der Waals surface area contributed by atoms with Crippen LogP contribution in [0.4, 0.5) is 22.9 Å². The summed E-state index contributed by atoms with van der Waals surface area (Å²) < 4.78 is 15.1. The van der Waals surface area contributed by atoms with Crippen LogP contribution < -0.4 is 9.47 Å². The van der Waals surface area contributed by atoms with Gasteiger partial charge in [0.2, 0.25) is 0 Å². The van der Waals surface area contributed by atoms with Crippen molar-refractivity contribution in [2.45, 2.75) is 125 Å². The molecule has 3 rings (SSSR count). The fraction of sp³-hybridized carbons (Fsp3) is 0.585. The number of aromatic nitrogens is 1. The molecule has 2 aromatic carbocycles. The standard InChI is InChI=1S/C41H58N6O2/c1-7-13-17-32(10-4)29-47-25-16-20-41(47)46-45-38-27-39(48-30-33(11-5)18-14-8-2)37(44-43-36-23-21-35(28-42)22-24-36)26-40(38)49-31-34(12-6)19-15-9-3/h20-24,26-27,32-34H,7-15,17-19,29-31H2,1-6H3. The number of nitriles is 1. The topological polar surface area (TPSA) is 96.6 Å². The monoisotopic (exact) mass is 666 g/mol. The molecule has 0 aliphatic carbocycles. The molecular weight excluding hydrogens is 608 g/mol. The van der Waals surface area contributed by atoms with Crippen molar-refractivity contribution in [3.63, 3.8) is 0 Å². The minimum Gasteiger partial charge on any atom is -0.491 e. The zero-order valence-corrected chi connectivity index (χ0v) is 30.9. The highest BCUT2D eigenvalue weighted by Crippen LogP contribution is 2.42. The highest BCUT2D eigenvalue weighted by atomic mass is 16.5.